The van der Waals surface area contributed by atoms with Gasteiger partial charge >= 0.3 is 218 Å². The van der Waals surface area contributed by atoms with Gasteiger partial charge in [-0.05, 0) is 0 Å². The number of rotatable bonds is 4. The normalized spacial score (nSPS) is 13.8. The van der Waals surface area contributed by atoms with Crippen LogP contribution in [-0.2, 0) is 21.3 Å². The second-order valence-electron chi connectivity index (χ2n) is 9.81. The molecule has 37 heavy (non-hydrogen) atoms. The third-order valence-corrected chi connectivity index (χ3v) is 16.6. The Kier molecular flexibility index (Phi) is 8.70. The van der Waals surface area contributed by atoms with Crippen molar-refractivity contribution in [3.63, 3.8) is 0 Å². The van der Waals surface area contributed by atoms with E-state index in [0.717, 1.165) is 6.42 Å². The van der Waals surface area contributed by atoms with Gasteiger partial charge in [0.05, 0.1) is 0 Å². The van der Waals surface area contributed by atoms with Gasteiger partial charge in [-0.25, -0.2) is 0 Å². The topological polar surface area (TPSA) is 0 Å². The van der Waals surface area contributed by atoms with E-state index in [-0.39, 0.29) is 24.8 Å². The SMILES string of the molecule is CC1=C(C)C(C)=[C]([Zr+2](=[C](c2ccccc2)c2ccccc2)[CH]2c3ccccc3-c3ccccc32)C1.[Cl-].[Cl-]. The summed E-state index contributed by atoms with van der Waals surface area (Å²) < 4.78 is 3.87. The zero-order chi connectivity index (χ0) is 23.9. The van der Waals surface area contributed by atoms with Gasteiger partial charge in [0.15, 0.2) is 0 Å². The van der Waals surface area contributed by atoms with Gasteiger partial charge in [-0.15, -0.1) is 0 Å². The maximum absolute atomic E-state index is 2.60. The van der Waals surface area contributed by atoms with Crippen molar-refractivity contribution in [1.29, 1.82) is 0 Å². The van der Waals surface area contributed by atoms with Crippen molar-refractivity contribution in [2.75, 3.05) is 0 Å². The molecule has 3 heteroatoms. The van der Waals surface area contributed by atoms with E-state index < -0.39 is 21.3 Å². The fourth-order valence-electron chi connectivity index (χ4n) is 6.00. The molecule has 0 radical (unpaired) electrons. The molecule has 0 aliphatic heterocycles. The van der Waals surface area contributed by atoms with Crippen molar-refractivity contribution >= 4 is 3.21 Å². The van der Waals surface area contributed by atoms with Gasteiger partial charge in [0.25, 0.3) is 0 Å². The predicted molar refractivity (Wildman–Crippen MR) is 146 cm³/mol. The van der Waals surface area contributed by atoms with E-state index in [1.165, 1.54) is 39.0 Å². The average Bonchev–Trinajstić information content (AvgIpc) is 3.37. The summed E-state index contributed by atoms with van der Waals surface area (Å²) in [6, 6.07) is 40.9. The van der Waals surface area contributed by atoms with Gasteiger partial charge in [0, 0.05) is 0 Å². The monoisotopic (exact) mass is 598 g/mol. The molecule has 4 aromatic rings. The van der Waals surface area contributed by atoms with Crippen LogP contribution in [0.1, 0.15) is 53.1 Å². The first kappa shape index (κ1) is 27.7. The van der Waals surface area contributed by atoms with Crippen LogP contribution in [0, 0.1) is 0 Å². The Morgan fingerprint density at radius 2 is 1.00 bits per heavy atom. The van der Waals surface area contributed by atoms with Crippen LogP contribution in [0.5, 0.6) is 0 Å². The Hall–Kier alpha value is -2.31. The molecule has 0 amide bonds. The van der Waals surface area contributed by atoms with Crippen molar-refractivity contribution in [3.8, 4) is 11.1 Å². The number of benzene rings is 4. The second-order valence-corrected chi connectivity index (χ2v) is 16.0. The molecule has 2 aliphatic carbocycles. The molecule has 0 bridgehead atoms. The minimum absolute atomic E-state index is 0. The average molecular weight is 601 g/mol. The first-order valence-corrected chi connectivity index (χ1v) is 16.4. The zero-order valence-electron chi connectivity index (χ0n) is 21.4. The maximum atomic E-state index is 2.41. The fraction of sp³-hybridized carbons (Fsp3) is 0.147. The van der Waals surface area contributed by atoms with Gasteiger partial charge in [-0.3, -0.25) is 0 Å². The number of fused-ring (bicyclic) bond motifs is 3. The Balaban J connectivity index is 0.00000160. The van der Waals surface area contributed by atoms with Gasteiger partial charge in [-0.2, -0.15) is 0 Å². The van der Waals surface area contributed by atoms with E-state index in [0.29, 0.717) is 3.63 Å². The van der Waals surface area contributed by atoms with Crippen LogP contribution < -0.4 is 24.8 Å². The van der Waals surface area contributed by atoms with Crippen LogP contribution in [0.3, 0.4) is 0 Å². The first-order valence-electron chi connectivity index (χ1n) is 12.5. The van der Waals surface area contributed by atoms with E-state index in [2.05, 4.69) is 130 Å². The summed E-state index contributed by atoms with van der Waals surface area (Å²) in [5, 5.41) is 0. The van der Waals surface area contributed by atoms with Gasteiger partial charge < -0.3 is 24.8 Å². The van der Waals surface area contributed by atoms with Crippen LogP contribution >= 0.6 is 0 Å². The second kappa shape index (κ2) is 11.6. The van der Waals surface area contributed by atoms with Crippen molar-refractivity contribution in [2.24, 2.45) is 0 Å². The summed E-state index contributed by atoms with van der Waals surface area (Å²) in [5.41, 5.74) is 13.4. The van der Waals surface area contributed by atoms with Gasteiger partial charge in [-0.1, -0.05) is 0 Å². The van der Waals surface area contributed by atoms with Crippen LogP contribution in [0.25, 0.3) is 11.1 Å². The van der Waals surface area contributed by atoms with E-state index in [4.69, 9.17) is 0 Å². The molecule has 0 N–H and O–H groups in total. The Morgan fingerprint density at radius 1 is 0.568 bits per heavy atom. The third-order valence-electron chi connectivity index (χ3n) is 7.94. The third kappa shape index (κ3) is 4.83. The smallest absolute Gasteiger partial charge is 1.00 e. The summed E-state index contributed by atoms with van der Waals surface area (Å²) >= 11 is -2.60. The fourth-order valence-corrected chi connectivity index (χ4v) is 16.0. The molecule has 0 aromatic heterocycles. The first-order chi connectivity index (χ1) is 17.1. The summed E-state index contributed by atoms with van der Waals surface area (Å²) in [6.45, 7) is 7.07. The maximum Gasteiger partial charge on any atom is -1.00 e. The molecule has 0 atom stereocenters. The molecular weight excluding hydrogens is 571 g/mol. The molecule has 0 saturated heterocycles. The molecule has 0 heterocycles. The predicted octanol–water partition coefficient (Wildman–Crippen LogP) is 2.67. The van der Waals surface area contributed by atoms with E-state index >= 15 is 0 Å². The largest absolute Gasteiger partial charge is 1.00 e. The molecule has 2 aliphatic rings. The zero-order valence-corrected chi connectivity index (χ0v) is 25.4. The molecular formula is C34H30Cl2Zr. The molecule has 6 rings (SSSR count). The number of halogens is 2. The minimum Gasteiger partial charge on any atom is -1.00 e. The quantitative estimate of drug-likeness (QED) is 0.338. The molecule has 0 fully saturated rings. The van der Waals surface area contributed by atoms with Crippen molar-refractivity contribution < 1.29 is 46.1 Å². The van der Waals surface area contributed by atoms with Crippen LogP contribution in [0.4, 0.5) is 0 Å². The molecule has 0 unspecified atom stereocenters. The van der Waals surface area contributed by atoms with Crippen LogP contribution in [-0.4, -0.2) is 3.21 Å². The van der Waals surface area contributed by atoms with E-state index in [1.54, 1.807) is 17.6 Å². The standard InChI is InChI=1S/C13H9.C13H10.C8H11.2ClH.Zr/c1-3-7-12-10(5-1)9-11-6-2-4-8-13(11)12;1-3-7-12(8-4-1)11-13-9-5-2-6-10-13;1-6-4-5-7(2)8(6)3;;;/h1-9H;1-10H;4H2,1-3H3;2*1H;/q;;;;;+2/p-2. The van der Waals surface area contributed by atoms with Crippen LogP contribution in [0.2, 0.25) is 0 Å². The van der Waals surface area contributed by atoms with Crippen molar-refractivity contribution in [2.45, 2.75) is 30.8 Å². The Bertz CT molecular complexity index is 1440. The summed E-state index contributed by atoms with van der Waals surface area (Å²) in [5.74, 6) is 0. The summed E-state index contributed by atoms with van der Waals surface area (Å²) in [7, 11) is 0. The molecule has 0 spiro atoms. The van der Waals surface area contributed by atoms with Crippen molar-refractivity contribution in [1.82, 2.24) is 0 Å². The number of hydrogen-bond acceptors (Lipinski definition) is 0. The Morgan fingerprint density at radius 3 is 1.43 bits per heavy atom. The van der Waals surface area contributed by atoms with Crippen LogP contribution in [0.15, 0.2) is 129 Å². The van der Waals surface area contributed by atoms with Gasteiger partial charge in [0.2, 0.25) is 0 Å². The minimum atomic E-state index is -2.60. The Labute approximate surface area is 241 Å². The number of allylic oxidation sites excluding steroid dienone is 4. The summed E-state index contributed by atoms with van der Waals surface area (Å²) in [4.78, 5) is 0. The van der Waals surface area contributed by atoms with Crippen molar-refractivity contribution in [3.05, 3.63) is 151 Å². The number of hydrogen-bond donors (Lipinski definition) is 0. The molecule has 4 aromatic carbocycles. The van der Waals surface area contributed by atoms with Gasteiger partial charge in [0.1, 0.15) is 0 Å². The van der Waals surface area contributed by atoms with E-state index in [1.807, 2.05) is 0 Å². The molecule has 0 nitrogen and oxygen atoms in total. The molecule has 184 valence electrons. The summed E-state index contributed by atoms with van der Waals surface area (Å²) in [6.07, 6.45) is 1.14. The molecule has 0 saturated carbocycles. The van der Waals surface area contributed by atoms with E-state index in [9.17, 15) is 0 Å².